The minimum atomic E-state index is -0.146. The molecule has 2 N–H and O–H groups in total. The number of hydrogen-bond acceptors (Lipinski definition) is 7. The quantitative estimate of drug-likeness (QED) is 0.360. The Morgan fingerprint density at radius 3 is 2.50 bits per heavy atom. The van der Waals surface area contributed by atoms with Crippen LogP contribution in [0.15, 0.2) is 58.9 Å². The highest BCUT2D eigenvalue weighted by Crippen LogP contribution is 2.26. The summed E-state index contributed by atoms with van der Waals surface area (Å²) in [4.78, 5) is 24.2. The van der Waals surface area contributed by atoms with Crippen LogP contribution in [0.5, 0.6) is 5.75 Å². The van der Waals surface area contributed by atoms with E-state index in [2.05, 4.69) is 20.8 Å². The first-order valence-corrected chi connectivity index (χ1v) is 11.3. The number of amides is 2. The van der Waals surface area contributed by atoms with Crippen molar-refractivity contribution in [3.05, 3.63) is 60.2 Å². The third kappa shape index (κ3) is 7.16. The van der Waals surface area contributed by atoms with E-state index in [0.717, 1.165) is 11.3 Å². The Bertz CT molecular complexity index is 962. The first-order chi connectivity index (χ1) is 14.6. The van der Waals surface area contributed by atoms with Gasteiger partial charge in [0.2, 0.25) is 16.9 Å². The van der Waals surface area contributed by atoms with Crippen LogP contribution < -0.4 is 15.4 Å². The third-order valence-electron chi connectivity index (χ3n) is 3.91. The second kappa shape index (κ2) is 11.3. The van der Waals surface area contributed by atoms with Gasteiger partial charge in [-0.1, -0.05) is 53.4 Å². The average Bonchev–Trinajstić information content (AvgIpc) is 3.20. The lowest BCUT2D eigenvalue weighted by molar-refractivity contribution is -0.116. The van der Waals surface area contributed by atoms with Gasteiger partial charge < -0.3 is 15.4 Å². The van der Waals surface area contributed by atoms with Crippen molar-refractivity contribution in [3.8, 4) is 5.75 Å². The van der Waals surface area contributed by atoms with Crippen molar-refractivity contribution in [3.63, 3.8) is 0 Å². The molecule has 0 aliphatic heterocycles. The zero-order valence-corrected chi connectivity index (χ0v) is 18.1. The third-order valence-corrected chi connectivity index (χ3v) is 5.88. The maximum atomic E-state index is 12.1. The van der Waals surface area contributed by atoms with Crippen LogP contribution in [0.25, 0.3) is 0 Å². The summed E-state index contributed by atoms with van der Waals surface area (Å²) in [7, 11) is 0. The fourth-order valence-electron chi connectivity index (χ4n) is 2.53. The molecule has 156 valence electrons. The van der Waals surface area contributed by atoms with Gasteiger partial charge in [-0.05, 0) is 43.2 Å². The molecule has 1 heterocycles. The number of nitrogens with zero attached hydrogens (tertiary/aromatic N) is 2. The highest BCUT2D eigenvalue weighted by atomic mass is 32.2. The van der Waals surface area contributed by atoms with E-state index in [-0.39, 0.29) is 17.6 Å². The van der Waals surface area contributed by atoms with Gasteiger partial charge >= 0.3 is 0 Å². The van der Waals surface area contributed by atoms with Gasteiger partial charge in [0.15, 0.2) is 4.34 Å². The molecular weight excluding hydrogens is 420 g/mol. The lowest BCUT2D eigenvalue weighted by Crippen LogP contribution is -2.13. The molecule has 0 spiro atoms. The van der Waals surface area contributed by atoms with Gasteiger partial charge in [0.25, 0.3) is 0 Å². The Morgan fingerprint density at radius 1 is 1.00 bits per heavy atom. The Morgan fingerprint density at radius 2 is 1.77 bits per heavy atom. The van der Waals surface area contributed by atoms with Gasteiger partial charge in [-0.3, -0.25) is 9.59 Å². The predicted octanol–water partition coefficient (Wildman–Crippen LogP) is 4.24. The van der Waals surface area contributed by atoms with Gasteiger partial charge in [-0.2, -0.15) is 0 Å². The zero-order chi connectivity index (χ0) is 21.2. The minimum Gasteiger partial charge on any atom is -0.494 e. The van der Waals surface area contributed by atoms with Gasteiger partial charge in [0, 0.05) is 12.1 Å². The van der Waals surface area contributed by atoms with Crippen LogP contribution in [0.4, 0.5) is 10.8 Å². The predicted molar refractivity (Wildman–Crippen MR) is 120 cm³/mol. The normalized spacial score (nSPS) is 10.4. The summed E-state index contributed by atoms with van der Waals surface area (Å²) >= 11 is 2.52. The zero-order valence-electron chi connectivity index (χ0n) is 16.5. The number of nitrogens with one attached hydrogen (secondary N) is 2. The van der Waals surface area contributed by atoms with Gasteiger partial charge in [-0.15, -0.1) is 10.2 Å². The molecule has 0 bridgehead atoms. The summed E-state index contributed by atoms with van der Waals surface area (Å²) in [6.45, 7) is 2.52. The fourth-order valence-corrected chi connectivity index (χ4v) is 4.10. The number of ether oxygens (including phenoxy) is 1. The first kappa shape index (κ1) is 21.8. The standard InChI is InChI=1S/C21H22N4O3S2/c1-2-28-17-11-9-16(10-12-17)22-19(27)14-29-21-25-24-20(30-21)23-18(26)13-8-15-6-4-3-5-7-15/h3-7,9-12H,2,8,13-14H2,1H3,(H,22,27)(H,23,24,26). The maximum absolute atomic E-state index is 12.1. The monoisotopic (exact) mass is 442 g/mol. The number of aromatic nitrogens is 2. The van der Waals surface area contributed by atoms with Crippen molar-refractivity contribution in [2.24, 2.45) is 0 Å². The van der Waals surface area contributed by atoms with E-state index in [1.165, 1.54) is 23.1 Å². The average molecular weight is 443 g/mol. The molecule has 3 rings (SSSR count). The molecule has 0 radical (unpaired) electrons. The van der Waals surface area contributed by atoms with Crippen LogP contribution in [0.2, 0.25) is 0 Å². The number of thioether (sulfide) groups is 1. The molecule has 0 fully saturated rings. The number of aryl methyl sites for hydroxylation is 1. The van der Waals surface area contributed by atoms with Gasteiger partial charge in [0.1, 0.15) is 5.75 Å². The second-order valence-corrected chi connectivity index (χ2v) is 8.40. The van der Waals surface area contributed by atoms with Crippen LogP contribution in [0.3, 0.4) is 0 Å². The largest absolute Gasteiger partial charge is 0.494 e. The lowest BCUT2D eigenvalue weighted by Gasteiger charge is -2.06. The van der Waals surface area contributed by atoms with Crippen LogP contribution in [-0.2, 0) is 16.0 Å². The maximum Gasteiger partial charge on any atom is 0.234 e. The Hall–Kier alpha value is -2.91. The number of benzene rings is 2. The van der Waals surface area contributed by atoms with E-state index >= 15 is 0 Å². The molecule has 1 aromatic heterocycles. The van der Waals surface area contributed by atoms with Crippen LogP contribution in [0, 0.1) is 0 Å². The summed E-state index contributed by atoms with van der Waals surface area (Å²) in [6.07, 6.45) is 1.04. The number of carbonyl (C=O) groups is 2. The lowest BCUT2D eigenvalue weighted by atomic mass is 10.1. The summed E-state index contributed by atoms with van der Waals surface area (Å²) in [5, 5.41) is 14.0. The van der Waals surface area contributed by atoms with E-state index in [9.17, 15) is 9.59 Å². The second-order valence-electron chi connectivity index (χ2n) is 6.20. The Labute approximate surface area is 183 Å². The van der Waals surface area contributed by atoms with Crippen molar-refractivity contribution in [2.45, 2.75) is 24.1 Å². The summed E-state index contributed by atoms with van der Waals surface area (Å²) in [5.41, 5.74) is 1.81. The SMILES string of the molecule is CCOc1ccc(NC(=O)CSc2nnc(NC(=O)CCc3ccccc3)s2)cc1. The smallest absolute Gasteiger partial charge is 0.234 e. The summed E-state index contributed by atoms with van der Waals surface area (Å²) in [5.74, 6) is 0.703. The molecule has 9 heteroatoms. The Kier molecular flexibility index (Phi) is 8.22. The molecule has 7 nitrogen and oxygen atoms in total. The number of anilines is 2. The molecule has 0 unspecified atom stereocenters. The summed E-state index contributed by atoms with van der Waals surface area (Å²) < 4.78 is 6.00. The molecule has 2 amide bonds. The van der Waals surface area contributed by atoms with Gasteiger partial charge in [0.05, 0.1) is 12.4 Å². The van der Waals surface area contributed by atoms with E-state index in [0.29, 0.717) is 34.6 Å². The van der Waals surface area contributed by atoms with Crippen LogP contribution in [0.1, 0.15) is 18.9 Å². The minimum absolute atomic E-state index is 0.111. The van der Waals surface area contributed by atoms with Gasteiger partial charge in [-0.25, -0.2) is 0 Å². The topological polar surface area (TPSA) is 93.2 Å². The highest BCUT2D eigenvalue weighted by Gasteiger charge is 2.11. The van der Waals surface area contributed by atoms with Crippen LogP contribution in [-0.4, -0.2) is 34.4 Å². The van der Waals surface area contributed by atoms with E-state index in [1.54, 1.807) is 12.1 Å². The van der Waals surface area contributed by atoms with E-state index in [4.69, 9.17) is 4.74 Å². The number of hydrogen-bond donors (Lipinski definition) is 2. The van der Waals surface area contributed by atoms with E-state index in [1.807, 2.05) is 49.4 Å². The molecule has 0 saturated heterocycles. The van der Waals surface area contributed by atoms with E-state index < -0.39 is 0 Å². The van der Waals surface area contributed by atoms with Crippen molar-refractivity contribution < 1.29 is 14.3 Å². The molecule has 0 saturated carbocycles. The van der Waals surface area contributed by atoms with Crippen LogP contribution >= 0.6 is 23.1 Å². The summed E-state index contributed by atoms with van der Waals surface area (Å²) in [6, 6.07) is 17.0. The van der Waals surface area contributed by atoms with Crippen molar-refractivity contribution in [2.75, 3.05) is 23.0 Å². The number of carbonyl (C=O) groups excluding carboxylic acids is 2. The van der Waals surface area contributed by atoms with Crippen molar-refractivity contribution in [1.29, 1.82) is 0 Å². The number of rotatable bonds is 10. The molecule has 30 heavy (non-hydrogen) atoms. The van der Waals surface area contributed by atoms with Crippen molar-refractivity contribution >= 4 is 45.7 Å². The fraction of sp³-hybridized carbons (Fsp3) is 0.238. The Balaban J connectivity index is 1.40. The molecular formula is C21H22N4O3S2. The molecule has 0 aliphatic rings. The highest BCUT2D eigenvalue weighted by molar-refractivity contribution is 8.01. The molecule has 0 atom stereocenters. The van der Waals surface area contributed by atoms with Crippen molar-refractivity contribution in [1.82, 2.24) is 10.2 Å². The molecule has 2 aromatic carbocycles. The molecule has 0 aliphatic carbocycles. The molecule has 3 aromatic rings. The first-order valence-electron chi connectivity index (χ1n) is 9.45.